The number of hydrogen-bond acceptors (Lipinski definition) is 3. The summed E-state index contributed by atoms with van der Waals surface area (Å²) in [5.74, 6) is -0.309. The topological polar surface area (TPSA) is 59.2 Å². The lowest BCUT2D eigenvalue weighted by Gasteiger charge is -2.34. The largest absolute Gasteiger partial charge is 0.433 e. The van der Waals surface area contributed by atoms with Crippen LogP contribution >= 0.6 is 0 Å². The summed E-state index contributed by atoms with van der Waals surface area (Å²) in [6, 6.07) is 1.91. The Morgan fingerprint density at radius 3 is 2.76 bits per heavy atom. The van der Waals surface area contributed by atoms with Gasteiger partial charge in [-0.1, -0.05) is 13.3 Å². The highest BCUT2D eigenvalue weighted by atomic mass is 19.4. The molecule has 1 aliphatic heterocycles. The second-order valence-electron chi connectivity index (χ2n) is 5.29. The van der Waals surface area contributed by atoms with Crippen LogP contribution in [0.3, 0.4) is 0 Å². The van der Waals surface area contributed by atoms with Crippen molar-refractivity contribution in [2.24, 2.45) is 11.7 Å². The van der Waals surface area contributed by atoms with Crippen LogP contribution in [0, 0.1) is 5.92 Å². The first-order valence-electron chi connectivity index (χ1n) is 6.96. The van der Waals surface area contributed by atoms with Gasteiger partial charge in [0.05, 0.1) is 5.56 Å². The first-order valence-corrected chi connectivity index (χ1v) is 6.96. The Morgan fingerprint density at radius 1 is 1.48 bits per heavy atom. The van der Waals surface area contributed by atoms with Gasteiger partial charge in [0.25, 0.3) is 5.91 Å². The second kappa shape index (κ2) is 5.91. The van der Waals surface area contributed by atoms with E-state index in [9.17, 15) is 18.0 Å². The fourth-order valence-corrected chi connectivity index (χ4v) is 2.63. The molecule has 21 heavy (non-hydrogen) atoms. The molecule has 0 bridgehead atoms. The zero-order valence-electron chi connectivity index (χ0n) is 11.8. The molecule has 0 aliphatic carbocycles. The SMILES string of the molecule is CCC1CCCN(c2nc(C(F)(F)F)ccc2C(N)=O)C1. The summed E-state index contributed by atoms with van der Waals surface area (Å²) in [6.45, 7) is 3.24. The van der Waals surface area contributed by atoms with E-state index >= 15 is 0 Å². The first kappa shape index (κ1) is 15.6. The summed E-state index contributed by atoms with van der Waals surface area (Å²) in [5, 5.41) is 0. The number of nitrogens with zero attached hydrogens (tertiary/aromatic N) is 2. The predicted octanol–water partition coefficient (Wildman–Crippen LogP) is 2.83. The van der Waals surface area contributed by atoms with Crippen molar-refractivity contribution in [3.8, 4) is 0 Å². The first-order chi connectivity index (χ1) is 9.82. The van der Waals surface area contributed by atoms with Gasteiger partial charge >= 0.3 is 6.18 Å². The summed E-state index contributed by atoms with van der Waals surface area (Å²) < 4.78 is 38.4. The van der Waals surface area contributed by atoms with Crippen LogP contribution in [-0.2, 0) is 6.18 Å². The molecule has 1 amide bonds. The third kappa shape index (κ3) is 3.46. The van der Waals surface area contributed by atoms with Crippen LogP contribution in [0.5, 0.6) is 0 Å². The lowest BCUT2D eigenvalue weighted by atomic mass is 9.95. The molecule has 1 atom stereocenters. The molecule has 1 aliphatic rings. The van der Waals surface area contributed by atoms with Crippen LogP contribution in [-0.4, -0.2) is 24.0 Å². The minimum Gasteiger partial charge on any atom is -0.365 e. The van der Waals surface area contributed by atoms with Gasteiger partial charge < -0.3 is 10.6 Å². The molecule has 0 aromatic carbocycles. The van der Waals surface area contributed by atoms with E-state index in [0.717, 1.165) is 31.4 Å². The van der Waals surface area contributed by atoms with E-state index in [2.05, 4.69) is 4.98 Å². The highest BCUT2D eigenvalue weighted by Gasteiger charge is 2.34. The molecule has 1 aromatic rings. The molecule has 116 valence electrons. The van der Waals surface area contributed by atoms with Crippen molar-refractivity contribution >= 4 is 11.7 Å². The molecule has 7 heteroatoms. The maximum Gasteiger partial charge on any atom is 0.433 e. The number of halogens is 3. The van der Waals surface area contributed by atoms with Crippen LogP contribution in [0.1, 0.15) is 42.2 Å². The van der Waals surface area contributed by atoms with Gasteiger partial charge in [0.1, 0.15) is 11.5 Å². The van der Waals surface area contributed by atoms with Gasteiger partial charge in [-0.15, -0.1) is 0 Å². The molecule has 0 saturated carbocycles. The number of rotatable bonds is 3. The molecular formula is C14H18F3N3O. The van der Waals surface area contributed by atoms with E-state index in [1.165, 1.54) is 0 Å². The number of piperidine rings is 1. The van der Waals surface area contributed by atoms with Crippen molar-refractivity contribution in [1.29, 1.82) is 0 Å². The Labute approximate surface area is 121 Å². The lowest BCUT2D eigenvalue weighted by molar-refractivity contribution is -0.141. The molecule has 2 rings (SSSR count). The summed E-state index contributed by atoms with van der Waals surface area (Å²) in [6.07, 6.45) is -1.68. The highest BCUT2D eigenvalue weighted by Crippen LogP contribution is 2.32. The predicted molar refractivity (Wildman–Crippen MR) is 73.0 cm³/mol. The fraction of sp³-hybridized carbons (Fsp3) is 0.571. The van der Waals surface area contributed by atoms with E-state index in [4.69, 9.17) is 5.73 Å². The standard InChI is InChI=1S/C14H18F3N3O/c1-2-9-4-3-7-20(8-9)13-10(12(18)21)5-6-11(19-13)14(15,16)17/h5-6,9H,2-4,7-8H2,1H3,(H2,18,21). The van der Waals surface area contributed by atoms with Crippen molar-refractivity contribution in [2.75, 3.05) is 18.0 Å². The quantitative estimate of drug-likeness (QED) is 0.934. The number of amides is 1. The smallest absolute Gasteiger partial charge is 0.365 e. The van der Waals surface area contributed by atoms with Gasteiger partial charge in [-0.25, -0.2) is 4.98 Å². The van der Waals surface area contributed by atoms with Gasteiger partial charge in [-0.05, 0) is 30.9 Å². The Bertz CT molecular complexity index is 531. The van der Waals surface area contributed by atoms with Gasteiger partial charge in [0.15, 0.2) is 0 Å². The molecule has 1 fully saturated rings. The summed E-state index contributed by atoms with van der Waals surface area (Å²) >= 11 is 0. The van der Waals surface area contributed by atoms with Gasteiger partial charge in [-0.2, -0.15) is 13.2 Å². The monoisotopic (exact) mass is 301 g/mol. The number of nitrogens with two attached hydrogens (primary N) is 1. The minimum atomic E-state index is -4.54. The number of carbonyl (C=O) groups is 1. The molecule has 4 nitrogen and oxygen atoms in total. The molecule has 1 unspecified atom stereocenters. The minimum absolute atomic E-state index is 0.0414. The summed E-state index contributed by atoms with van der Waals surface area (Å²) in [5.41, 5.74) is 4.30. The van der Waals surface area contributed by atoms with Crippen molar-refractivity contribution < 1.29 is 18.0 Å². The molecule has 2 heterocycles. The number of hydrogen-bond donors (Lipinski definition) is 1. The Hall–Kier alpha value is -1.79. The number of carbonyl (C=O) groups excluding carboxylic acids is 1. The number of aromatic nitrogens is 1. The van der Waals surface area contributed by atoms with Crippen LogP contribution in [0.15, 0.2) is 12.1 Å². The molecule has 0 radical (unpaired) electrons. The Balaban J connectivity index is 2.41. The average Bonchev–Trinajstić information content (AvgIpc) is 2.45. The van der Waals surface area contributed by atoms with Crippen molar-refractivity contribution in [3.63, 3.8) is 0 Å². The maximum atomic E-state index is 12.8. The zero-order chi connectivity index (χ0) is 15.6. The second-order valence-corrected chi connectivity index (χ2v) is 5.29. The average molecular weight is 301 g/mol. The van der Waals surface area contributed by atoms with E-state index in [-0.39, 0.29) is 11.4 Å². The number of alkyl halides is 3. The molecule has 1 aromatic heterocycles. The van der Waals surface area contributed by atoms with Gasteiger partial charge in [0.2, 0.25) is 0 Å². The number of anilines is 1. The van der Waals surface area contributed by atoms with Crippen LogP contribution in [0.4, 0.5) is 19.0 Å². The maximum absolute atomic E-state index is 12.8. The van der Waals surface area contributed by atoms with Crippen molar-refractivity contribution in [1.82, 2.24) is 4.98 Å². The third-order valence-electron chi connectivity index (χ3n) is 3.83. The molecule has 1 saturated heterocycles. The van der Waals surface area contributed by atoms with E-state index in [1.54, 1.807) is 4.90 Å². The van der Waals surface area contributed by atoms with Crippen LogP contribution in [0.25, 0.3) is 0 Å². The normalized spacial score (nSPS) is 19.6. The molecule has 2 N–H and O–H groups in total. The van der Waals surface area contributed by atoms with Gasteiger partial charge in [0, 0.05) is 13.1 Å². The van der Waals surface area contributed by atoms with Crippen LogP contribution in [0.2, 0.25) is 0 Å². The Morgan fingerprint density at radius 2 is 2.19 bits per heavy atom. The van der Waals surface area contributed by atoms with Crippen molar-refractivity contribution in [2.45, 2.75) is 32.4 Å². The highest BCUT2D eigenvalue weighted by molar-refractivity contribution is 5.97. The van der Waals surface area contributed by atoms with E-state index < -0.39 is 17.8 Å². The fourth-order valence-electron chi connectivity index (χ4n) is 2.63. The third-order valence-corrected chi connectivity index (χ3v) is 3.83. The van der Waals surface area contributed by atoms with E-state index in [0.29, 0.717) is 19.0 Å². The van der Waals surface area contributed by atoms with E-state index in [1.807, 2.05) is 6.92 Å². The van der Waals surface area contributed by atoms with Crippen molar-refractivity contribution in [3.05, 3.63) is 23.4 Å². The molecular weight excluding hydrogens is 283 g/mol. The number of pyridine rings is 1. The zero-order valence-corrected chi connectivity index (χ0v) is 11.8. The van der Waals surface area contributed by atoms with Crippen LogP contribution < -0.4 is 10.6 Å². The summed E-state index contributed by atoms with van der Waals surface area (Å²) in [7, 11) is 0. The summed E-state index contributed by atoms with van der Waals surface area (Å²) in [4.78, 5) is 16.9. The Kier molecular flexibility index (Phi) is 4.39. The number of primary amides is 1. The molecule has 0 spiro atoms. The lowest BCUT2D eigenvalue weighted by Crippen LogP contribution is -2.37. The van der Waals surface area contributed by atoms with Gasteiger partial charge in [-0.3, -0.25) is 4.79 Å².